The van der Waals surface area contributed by atoms with Crippen molar-refractivity contribution in [1.29, 1.82) is 0 Å². The summed E-state index contributed by atoms with van der Waals surface area (Å²) < 4.78 is 1.65. The molecule has 0 saturated carbocycles. The van der Waals surface area contributed by atoms with Crippen LogP contribution in [0.2, 0.25) is 0 Å². The number of para-hydroxylation sites is 1. The number of amides is 1. The van der Waals surface area contributed by atoms with Gasteiger partial charge in [-0.25, -0.2) is 4.98 Å². The molecule has 2 radical (unpaired) electrons. The molecule has 7 nitrogen and oxygen atoms in total. The quantitative estimate of drug-likeness (QED) is 0.211. The van der Waals surface area contributed by atoms with Crippen molar-refractivity contribution in [1.82, 2.24) is 19.9 Å². The van der Waals surface area contributed by atoms with E-state index in [1.807, 2.05) is 56.3 Å². The molecule has 0 aliphatic carbocycles. The number of hydrogen-bond donors (Lipinski definition) is 3. The number of allylic oxidation sites excluding steroid dienone is 2. The maximum absolute atomic E-state index is 12.2. The summed E-state index contributed by atoms with van der Waals surface area (Å²) in [5.41, 5.74) is 4.86. The minimum atomic E-state index is -0.100. The lowest BCUT2D eigenvalue weighted by atomic mass is 10.0. The molecule has 35 heavy (non-hydrogen) atoms. The number of phenols is 1. The highest BCUT2D eigenvalue weighted by Crippen LogP contribution is 2.29. The number of carbonyl (C=O) groups excluding carboxylic acids is 1. The first-order chi connectivity index (χ1) is 17.0. The molecule has 2 heterocycles. The fourth-order valence-corrected chi connectivity index (χ4v) is 3.67. The molecule has 8 heteroatoms. The molecule has 0 aliphatic rings. The molecule has 1 amide bonds. The Balaban J connectivity index is 1.48. The van der Waals surface area contributed by atoms with E-state index in [1.165, 1.54) is 0 Å². The summed E-state index contributed by atoms with van der Waals surface area (Å²) in [6.07, 6.45) is 6.98. The molecule has 3 N–H and O–H groups in total. The standard InChI is InChI=1S/C27H26BN5O2/c1-3-7-20(4-2)27(35)30-16-19-12-10-18(11-13-19)15-29-25-14-23(21-8-5-6-9-24(21)34)32-26-22(28)17-31-33(25)26/h3-14,17,29,34H,15-16H2,1-2H3,(H,30,35)/b7-3-,20-4+. The summed E-state index contributed by atoms with van der Waals surface area (Å²) in [4.78, 5) is 16.8. The number of hydrogen-bond acceptors (Lipinski definition) is 5. The van der Waals surface area contributed by atoms with Crippen molar-refractivity contribution in [3.05, 3.63) is 95.7 Å². The molecule has 0 spiro atoms. The number of aromatic hydroxyl groups is 1. The number of nitrogens with one attached hydrogen (secondary N) is 2. The number of aromatic nitrogens is 3. The molecule has 0 saturated heterocycles. The smallest absolute Gasteiger partial charge is 0.251 e. The summed E-state index contributed by atoms with van der Waals surface area (Å²) >= 11 is 0. The fraction of sp³-hybridized carbons (Fsp3) is 0.148. The van der Waals surface area contributed by atoms with Gasteiger partial charge in [-0.1, -0.05) is 54.6 Å². The topological polar surface area (TPSA) is 91.5 Å². The van der Waals surface area contributed by atoms with Gasteiger partial charge in [0.05, 0.1) is 5.69 Å². The largest absolute Gasteiger partial charge is 0.507 e. The second-order valence-corrected chi connectivity index (χ2v) is 7.98. The van der Waals surface area contributed by atoms with Crippen LogP contribution in [-0.2, 0) is 17.9 Å². The van der Waals surface area contributed by atoms with Crippen LogP contribution in [0.25, 0.3) is 16.9 Å². The van der Waals surface area contributed by atoms with E-state index in [2.05, 4.69) is 20.7 Å². The fourth-order valence-electron chi connectivity index (χ4n) is 3.67. The van der Waals surface area contributed by atoms with Crippen LogP contribution < -0.4 is 16.1 Å². The molecule has 0 bridgehead atoms. The van der Waals surface area contributed by atoms with Crippen LogP contribution >= 0.6 is 0 Å². The normalized spacial score (nSPS) is 11.8. The molecule has 0 atom stereocenters. The van der Waals surface area contributed by atoms with Gasteiger partial charge in [0.15, 0.2) is 5.65 Å². The monoisotopic (exact) mass is 463 g/mol. The molecular weight excluding hydrogens is 437 g/mol. The molecule has 4 rings (SSSR count). The van der Waals surface area contributed by atoms with Gasteiger partial charge in [-0.3, -0.25) is 4.79 Å². The highest BCUT2D eigenvalue weighted by atomic mass is 16.3. The summed E-state index contributed by atoms with van der Waals surface area (Å²) in [5.74, 6) is 0.740. The van der Waals surface area contributed by atoms with Crippen molar-refractivity contribution in [2.45, 2.75) is 26.9 Å². The SMILES string of the molecule is [B]c1cnn2c(NCc3ccc(CNC(=O)C(/C=C\C)=C/C)cc3)cc(-c3ccccc3O)nc12. The molecule has 0 fully saturated rings. The lowest BCUT2D eigenvalue weighted by molar-refractivity contribution is -0.117. The van der Waals surface area contributed by atoms with E-state index in [0.717, 1.165) is 11.1 Å². The number of rotatable bonds is 8. The van der Waals surface area contributed by atoms with E-state index in [1.54, 1.807) is 41.1 Å². The number of nitrogens with zero attached hydrogens (tertiary/aromatic N) is 3. The summed E-state index contributed by atoms with van der Waals surface area (Å²) in [6.45, 7) is 4.71. The van der Waals surface area contributed by atoms with E-state index in [-0.39, 0.29) is 11.7 Å². The third-order valence-electron chi connectivity index (χ3n) is 5.55. The van der Waals surface area contributed by atoms with Crippen molar-refractivity contribution >= 4 is 30.7 Å². The zero-order chi connectivity index (χ0) is 24.8. The Hall–Kier alpha value is -4.33. The van der Waals surface area contributed by atoms with Crippen LogP contribution in [0, 0.1) is 0 Å². The minimum Gasteiger partial charge on any atom is -0.507 e. The van der Waals surface area contributed by atoms with Crippen molar-refractivity contribution in [3.63, 3.8) is 0 Å². The first-order valence-corrected chi connectivity index (χ1v) is 11.3. The Bertz CT molecular complexity index is 1410. The Morgan fingerprint density at radius 1 is 1.09 bits per heavy atom. The van der Waals surface area contributed by atoms with Crippen molar-refractivity contribution < 1.29 is 9.90 Å². The van der Waals surface area contributed by atoms with E-state index < -0.39 is 0 Å². The van der Waals surface area contributed by atoms with E-state index in [4.69, 9.17) is 7.85 Å². The Labute approximate surface area is 205 Å². The number of carbonyl (C=O) groups is 1. The second kappa shape index (κ2) is 10.7. The van der Waals surface area contributed by atoms with Gasteiger partial charge in [-0.2, -0.15) is 9.61 Å². The Kier molecular flexibility index (Phi) is 7.31. The van der Waals surface area contributed by atoms with Gasteiger partial charge in [0.1, 0.15) is 19.4 Å². The van der Waals surface area contributed by atoms with Crippen LogP contribution in [0.4, 0.5) is 5.82 Å². The van der Waals surface area contributed by atoms with E-state index in [0.29, 0.717) is 46.8 Å². The predicted octanol–water partition coefficient (Wildman–Crippen LogP) is 3.65. The maximum Gasteiger partial charge on any atom is 0.251 e. The molecule has 0 aliphatic heterocycles. The van der Waals surface area contributed by atoms with Crippen molar-refractivity contribution in [3.8, 4) is 17.0 Å². The lowest BCUT2D eigenvalue weighted by Gasteiger charge is -2.12. The van der Waals surface area contributed by atoms with Gasteiger partial charge < -0.3 is 15.7 Å². The third kappa shape index (κ3) is 5.43. The Morgan fingerprint density at radius 3 is 2.49 bits per heavy atom. The first kappa shape index (κ1) is 23.8. The number of anilines is 1. The van der Waals surface area contributed by atoms with Crippen molar-refractivity contribution in [2.75, 3.05) is 5.32 Å². The van der Waals surface area contributed by atoms with Crippen molar-refractivity contribution in [2.24, 2.45) is 0 Å². The molecule has 2 aromatic carbocycles. The highest BCUT2D eigenvalue weighted by molar-refractivity contribution is 6.36. The van der Waals surface area contributed by atoms with Crippen LogP contribution in [0.5, 0.6) is 5.75 Å². The van der Waals surface area contributed by atoms with Gasteiger partial charge >= 0.3 is 0 Å². The lowest BCUT2D eigenvalue weighted by Crippen LogP contribution is -2.23. The van der Waals surface area contributed by atoms with Crippen LogP contribution in [0.1, 0.15) is 25.0 Å². The second-order valence-electron chi connectivity index (χ2n) is 7.98. The average molecular weight is 463 g/mol. The van der Waals surface area contributed by atoms with Gasteiger partial charge in [-0.15, -0.1) is 0 Å². The summed E-state index contributed by atoms with van der Waals surface area (Å²) in [5, 5.41) is 20.9. The zero-order valence-corrected chi connectivity index (χ0v) is 19.7. The van der Waals surface area contributed by atoms with Gasteiger partial charge in [0.25, 0.3) is 5.91 Å². The molecule has 0 unspecified atom stereocenters. The Morgan fingerprint density at radius 2 is 1.80 bits per heavy atom. The highest BCUT2D eigenvalue weighted by Gasteiger charge is 2.13. The average Bonchev–Trinajstić information content (AvgIpc) is 3.26. The molecule has 2 aromatic heterocycles. The maximum atomic E-state index is 12.2. The van der Waals surface area contributed by atoms with Gasteiger partial charge in [0, 0.05) is 36.5 Å². The summed E-state index contributed by atoms with van der Waals surface area (Å²) in [7, 11) is 6.07. The van der Waals surface area contributed by atoms with Crippen LogP contribution in [0.3, 0.4) is 0 Å². The molecular formula is C27H26BN5O2. The van der Waals surface area contributed by atoms with E-state index >= 15 is 0 Å². The summed E-state index contributed by atoms with van der Waals surface area (Å²) in [6, 6.07) is 16.9. The number of fused-ring (bicyclic) bond motifs is 1. The predicted molar refractivity (Wildman–Crippen MR) is 140 cm³/mol. The van der Waals surface area contributed by atoms with Gasteiger partial charge in [0.2, 0.25) is 0 Å². The van der Waals surface area contributed by atoms with Gasteiger partial charge in [-0.05, 0) is 42.6 Å². The minimum absolute atomic E-state index is 0.100. The first-order valence-electron chi connectivity index (χ1n) is 11.3. The van der Waals surface area contributed by atoms with Crippen LogP contribution in [0.15, 0.2) is 84.6 Å². The molecule has 174 valence electrons. The third-order valence-corrected chi connectivity index (χ3v) is 5.55. The van der Waals surface area contributed by atoms with Crippen LogP contribution in [-0.4, -0.2) is 33.5 Å². The number of benzene rings is 2. The number of phenolic OH excluding ortho intramolecular Hbond substituents is 1. The molecule has 4 aromatic rings. The zero-order valence-electron chi connectivity index (χ0n) is 19.7. The van der Waals surface area contributed by atoms with E-state index in [9.17, 15) is 9.90 Å².